The standard InChI is InChI=1S/C11H9BrN4O3/c1-6-9(16(17)18)10(15-11(13)14-6)19-8-4-2-7(12)3-5-8/h2-5H,1H3,(H2,13,14,15). The summed E-state index contributed by atoms with van der Waals surface area (Å²) in [7, 11) is 0. The molecular weight excluding hydrogens is 316 g/mol. The highest BCUT2D eigenvalue weighted by atomic mass is 79.9. The van der Waals surface area contributed by atoms with Crippen LogP contribution in [0.2, 0.25) is 0 Å². The molecule has 0 radical (unpaired) electrons. The van der Waals surface area contributed by atoms with Crippen LogP contribution in [0.3, 0.4) is 0 Å². The molecule has 0 saturated heterocycles. The van der Waals surface area contributed by atoms with E-state index in [1.807, 2.05) is 0 Å². The molecule has 2 N–H and O–H groups in total. The van der Waals surface area contributed by atoms with Crippen LogP contribution in [0, 0.1) is 17.0 Å². The molecule has 0 aliphatic rings. The third-order valence-corrected chi connectivity index (χ3v) is 2.78. The normalized spacial score (nSPS) is 10.2. The van der Waals surface area contributed by atoms with Gasteiger partial charge in [-0.05, 0) is 31.2 Å². The summed E-state index contributed by atoms with van der Waals surface area (Å²) in [4.78, 5) is 17.9. The van der Waals surface area contributed by atoms with Gasteiger partial charge in [-0.3, -0.25) is 10.1 Å². The number of hydrogen-bond acceptors (Lipinski definition) is 6. The van der Waals surface area contributed by atoms with Crippen molar-refractivity contribution in [3.8, 4) is 11.6 Å². The Bertz CT molecular complexity index is 631. The van der Waals surface area contributed by atoms with Crippen LogP contribution in [0.5, 0.6) is 11.6 Å². The molecule has 0 spiro atoms. The van der Waals surface area contributed by atoms with E-state index in [1.54, 1.807) is 24.3 Å². The zero-order chi connectivity index (χ0) is 14.0. The number of anilines is 1. The zero-order valence-corrected chi connectivity index (χ0v) is 11.4. The number of nitrogen functional groups attached to an aromatic ring is 1. The Morgan fingerprint density at radius 3 is 2.53 bits per heavy atom. The van der Waals surface area contributed by atoms with Crippen molar-refractivity contribution < 1.29 is 9.66 Å². The minimum Gasteiger partial charge on any atom is -0.434 e. The summed E-state index contributed by atoms with van der Waals surface area (Å²) in [6.45, 7) is 1.48. The number of aromatic nitrogens is 2. The molecule has 98 valence electrons. The first-order valence-corrected chi connectivity index (χ1v) is 5.98. The summed E-state index contributed by atoms with van der Waals surface area (Å²) in [6.07, 6.45) is 0. The molecule has 0 bridgehead atoms. The van der Waals surface area contributed by atoms with Crippen molar-refractivity contribution in [3.05, 3.63) is 44.5 Å². The van der Waals surface area contributed by atoms with Gasteiger partial charge in [-0.25, -0.2) is 4.98 Å². The van der Waals surface area contributed by atoms with E-state index in [1.165, 1.54) is 6.92 Å². The second-order valence-corrected chi connectivity index (χ2v) is 4.55. The predicted octanol–water partition coefficient (Wildman–Crippen LogP) is 2.83. The summed E-state index contributed by atoms with van der Waals surface area (Å²) in [6, 6.07) is 6.81. The Hall–Kier alpha value is -2.22. The average molecular weight is 325 g/mol. The lowest BCUT2D eigenvalue weighted by Gasteiger charge is -2.07. The zero-order valence-electron chi connectivity index (χ0n) is 9.83. The van der Waals surface area contributed by atoms with Crippen LogP contribution in [0.4, 0.5) is 11.6 Å². The van der Waals surface area contributed by atoms with Crippen molar-refractivity contribution >= 4 is 27.6 Å². The minimum absolute atomic E-state index is 0.0739. The van der Waals surface area contributed by atoms with Crippen LogP contribution in [0.1, 0.15) is 5.69 Å². The maximum absolute atomic E-state index is 11.0. The highest BCUT2D eigenvalue weighted by molar-refractivity contribution is 9.10. The highest BCUT2D eigenvalue weighted by Gasteiger charge is 2.23. The van der Waals surface area contributed by atoms with Crippen molar-refractivity contribution in [3.63, 3.8) is 0 Å². The molecule has 19 heavy (non-hydrogen) atoms. The molecule has 0 aliphatic carbocycles. The van der Waals surface area contributed by atoms with Gasteiger partial charge in [0.05, 0.1) is 4.92 Å². The first-order valence-electron chi connectivity index (χ1n) is 5.19. The van der Waals surface area contributed by atoms with Gasteiger partial charge < -0.3 is 10.5 Å². The van der Waals surface area contributed by atoms with Crippen molar-refractivity contribution in [1.29, 1.82) is 0 Å². The largest absolute Gasteiger partial charge is 0.434 e. The fraction of sp³-hybridized carbons (Fsp3) is 0.0909. The molecule has 0 atom stereocenters. The lowest BCUT2D eigenvalue weighted by Crippen LogP contribution is -2.04. The predicted molar refractivity (Wildman–Crippen MR) is 72.1 cm³/mol. The van der Waals surface area contributed by atoms with E-state index in [9.17, 15) is 10.1 Å². The monoisotopic (exact) mass is 324 g/mol. The quantitative estimate of drug-likeness (QED) is 0.687. The number of rotatable bonds is 3. The fourth-order valence-corrected chi connectivity index (χ4v) is 1.72. The molecule has 2 aromatic rings. The number of nitrogens with two attached hydrogens (primary N) is 1. The molecular formula is C11H9BrN4O3. The van der Waals surface area contributed by atoms with Gasteiger partial charge in [0.15, 0.2) is 0 Å². The van der Waals surface area contributed by atoms with Crippen LogP contribution in [0.15, 0.2) is 28.7 Å². The van der Waals surface area contributed by atoms with E-state index in [2.05, 4.69) is 25.9 Å². The Kier molecular flexibility index (Phi) is 3.61. The van der Waals surface area contributed by atoms with Gasteiger partial charge in [0.1, 0.15) is 11.4 Å². The van der Waals surface area contributed by atoms with Crippen LogP contribution >= 0.6 is 15.9 Å². The molecule has 2 rings (SSSR count). The Morgan fingerprint density at radius 2 is 1.95 bits per heavy atom. The summed E-state index contributed by atoms with van der Waals surface area (Å²) >= 11 is 3.28. The number of nitrogens with zero attached hydrogens (tertiary/aromatic N) is 3. The lowest BCUT2D eigenvalue weighted by molar-refractivity contribution is -0.386. The second kappa shape index (κ2) is 5.19. The number of hydrogen-bond donors (Lipinski definition) is 1. The molecule has 0 amide bonds. The van der Waals surface area contributed by atoms with Crippen LogP contribution < -0.4 is 10.5 Å². The van der Waals surface area contributed by atoms with Crippen LogP contribution in [-0.4, -0.2) is 14.9 Å². The fourth-order valence-electron chi connectivity index (χ4n) is 1.46. The maximum Gasteiger partial charge on any atom is 0.352 e. The summed E-state index contributed by atoms with van der Waals surface area (Å²) in [5, 5.41) is 11.0. The van der Waals surface area contributed by atoms with Gasteiger partial charge in [-0.2, -0.15) is 4.98 Å². The Morgan fingerprint density at radius 1 is 1.32 bits per heavy atom. The summed E-state index contributed by atoms with van der Waals surface area (Å²) in [5.41, 5.74) is 5.34. The summed E-state index contributed by atoms with van der Waals surface area (Å²) < 4.78 is 6.26. The van der Waals surface area contributed by atoms with E-state index < -0.39 is 4.92 Å². The topological polar surface area (TPSA) is 104 Å². The molecule has 7 nitrogen and oxygen atoms in total. The number of benzene rings is 1. The van der Waals surface area contributed by atoms with Crippen molar-refractivity contribution in [2.75, 3.05) is 5.73 Å². The number of aryl methyl sites for hydroxylation is 1. The minimum atomic E-state index is -0.594. The first-order chi connectivity index (χ1) is 8.97. The van der Waals surface area contributed by atoms with Crippen LogP contribution in [0.25, 0.3) is 0 Å². The molecule has 0 saturated carbocycles. The van der Waals surface area contributed by atoms with Gasteiger partial charge in [0.2, 0.25) is 5.95 Å². The second-order valence-electron chi connectivity index (χ2n) is 3.63. The van der Waals surface area contributed by atoms with E-state index in [-0.39, 0.29) is 23.2 Å². The van der Waals surface area contributed by atoms with Gasteiger partial charge in [-0.1, -0.05) is 15.9 Å². The van der Waals surface area contributed by atoms with E-state index in [0.717, 1.165) is 4.47 Å². The van der Waals surface area contributed by atoms with Gasteiger partial charge in [-0.15, -0.1) is 0 Å². The number of halogens is 1. The number of ether oxygens (including phenoxy) is 1. The van der Waals surface area contributed by atoms with Gasteiger partial charge in [0, 0.05) is 4.47 Å². The highest BCUT2D eigenvalue weighted by Crippen LogP contribution is 2.32. The molecule has 8 heteroatoms. The SMILES string of the molecule is Cc1nc(N)nc(Oc2ccc(Br)cc2)c1[N+](=O)[O-]. The lowest BCUT2D eigenvalue weighted by atomic mass is 10.3. The van der Waals surface area contributed by atoms with E-state index in [0.29, 0.717) is 5.75 Å². The molecule has 1 aromatic carbocycles. The van der Waals surface area contributed by atoms with Gasteiger partial charge in [0.25, 0.3) is 0 Å². The molecule has 0 unspecified atom stereocenters. The van der Waals surface area contributed by atoms with E-state index in [4.69, 9.17) is 10.5 Å². The van der Waals surface area contributed by atoms with Crippen molar-refractivity contribution in [1.82, 2.24) is 9.97 Å². The molecule has 1 heterocycles. The average Bonchev–Trinajstić information content (AvgIpc) is 2.30. The van der Waals surface area contributed by atoms with Crippen molar-refractivity contribution in [2.45, 2.75) is 6.92 Å². The first kappa shape index (κ1) is 13.2. The third-order valence-electron chi connectivity index (χ3n) is 2.25. The smallest absolute Gasteiger partial charge is 0.352 e. The van der Waals surface area contributed by atoms with Crippen LogP contribution in [-0.2, 0) is 0 Å². The number of nitro groups is 1. The molecule has 0 aliphatic heterocycles. The maximum atomic E-state index is 11.0. The summed E-state index contributed by atoms with van der Waals surface area (Å²) in [5.74, 6) is 0.177. The van der Waals surface area contributed by atoms with Gasteiger partial charge >= 0.3 is 11.6 Å². The van der Waals surface area contributed by atoms with E-state index >= 15 is 0 Å². The third kappa shape index (κ3) is 2.97. The van der Waals surface area contributed by atoms with Crippen molar-refractivity contribution in [2.24, 2.45) is 0 Å². The Balaban J connectivity index is 2.44. The molecule has 0 fully saturated rings. The Labute approximate surface area is 116 Å². The molecule has 1 aromatic heterocycles.